The van der Waals surface area contributed by atoms with E-state index in [0.717, 1.165) is 30.0 Å². The van der Waals surface area contributed by atoms with Gasteiger partial charge in [-0.15, -0.1) is 0 Å². The van der Waals surface area contributed by atoms with Crippen molar-refractivity contribution in [2.75, 3.05) is 18.4 Å². The molecule has 0 saturated carbocycles. The summed E-state index contributed by atoms with van der Waals surface area (Å²) >= 11 is 1.66. The summed E-state index contributed by atoms with van der Waals surface area (Å²) in [6.45, 7) is 3.48. The number of para-hydroxylation sites is 1. The number of urea groups is 1. The van der Waals surface area contributed by atoms with Crippen molar-refractivity contribution >= 4 is 32.7 Å². The van der Waals surface area contributed by atoms with Gasteiger partial charge in [-0.3, -0.25) is 0 Å². The number of hydrogen-bond donors (Lipinski definition) is 2. The maximum absolute atomic E-state index is 11.2. The average molecular weight is 290 g/mol. The Hall–Kier alpha value is -1.82. The molecule has 106 valence electrons. The molecule has 5 nitrogen and oxygen atoms in total. The van der Waals surface area contributed by atoms with Crippen LogP contribution in [-0.2, 0) is 0 Å². The van der Waals surface area contributed by atoms with Gasteiger partial charge in [0.05, 0.1) is 10.2 Å². The number of likely N-dealkylation sites (tertiary alicyclic amines) is 1. The van der Waals surface area contributed by atoms with Crippen LogP contribution in [0.25, 0.3) is 10.2 Å². The van der Waals surface area contributed by atoms with Gasteiger partial charge in [0.1, 0.15) is 0 Å². The lowest BCUT2D eigenvalue weighted by molar-refractivity contribution is 0.192. The second-order valence-electron chi connectivity index (χ2n) is 5.21. The summed E-state index contributed by atoms with van der Waals surface area (Å²) in [5.41, 5.74) is 7.60. The third-order valence-electron chi connectivity index (χ3n) is 3.68. The fourth-order valence-electron chi connectivity index (χ4n) is 2.62. The van der Waals surface area contributed by atoms with Gasteiger partial charge in [0, 0.05) is 19.1 Å². The molecule has 1 aromatic carbocycles. The topological polar surface area (TPSA) is 71.2 Å². The lowest BCUT2D eigenvalue weighted by Crippen LogP contribution is -2.47. The van der Waals surface area contributed by atoms with Crippen molar-refractivity contribution in [3.05, 3.63) is 23.8 Å². The van der Waals surface area contributed by atoms with Crippen LogP contribution in [0.15, 0.2) is 18.2 Å². The number of nitrogens with two attached hydrogens (primary N) is 1. The van der Waals surface area contributed by atoms with Crippen LogP contribution in [0.3, 0.4) is 0 Å². The molecule has 0 spiro atoms. The first-order chi connectivity index (χ1) is 9.63. The number of aryl methyl sites for hydroxylation is 1. The fourth-order valence-corrected chi connectivity index (χ4v) is 3.64. The Morgan fingerprint density at radius 1 is 1.55 bits per heavy atom. The molecule has 3 N–H and O–H groups in total. The van der Waals surface area contributed by atoms with Crippen LogP contribution >= 0.6 is 11.3 Å². The van der Waals surface area contributed by atoms with Gasteiger partial charge in [-0.25, -0.2) is 9.78 Å². The zero-order valence-corrected chi connectivity index (χ0v) is 12.2. The van der Waals surface area contributed by atoms with Crippen molar-refractivity contribution in [1.82, 2.24) is 9.88 Å². The molecule has 20 heavy (non-hydrogen) atoms. The highest BCUT2D eigenvalue weighted by molar-refractivity contribution is 7.22. The SMILES string of the molecule is Cc1cccc2sc(NC3CCCN(C(N)=O)C3)nc12. The third kappa shape index (κ3) is 2.56. The number of anilines is 1. The molecule has 1 unspecified atom stereocenters. The molecular weight excluding hydrogens is 272 g/mol. The summed E-state index contributed by atoms with van der Waals surface area (Å²) in [6, 6.07) is 6.10. The molecule has 1 aliphatic heterocycles. The van der Waals surface area contributed by atoms with Gasteiger partial charge in [0.25, 0.3) is 0 Å². The van der Waals surface area contributed by atoms with Gasteiger partial charge in [0.15, 0.2) is 5.13 Å². The number of aromatic nitrogens is 1. The van der Waals surface area contributed by atoms with Crippen LogP contribution in [0.4, 0.5) is 9.93 Å². The van der Waals surface area contributed by atoms with Gasteiger partial charge in [-0.2, -0.15) is 0 Å². The number of piperidine rings is 1. The zero-order valence-electron chi connectivity index (χ0n) is 11.4. The average Bonchev–Trinajstić information content (AvgIpc) is 2.83. The van der Waals surface area contributed by atoms with E-state index in [0.29, 0.717) is 6.54 Å². The summed E-state index contributed by atoms with van der Waals surface area (Å²) in [6.07, 6.45) is 2.02. The first kappa shape index (κ1) is 13.2. The Labute approximate surface area is 121 Å². The van der Waals surface area contributed by atoms with E-state index < -0.39 is 0 Å². The second-order valence-corrected chi connectivity index (χ2v) is 6.24. The highest BCUT2D eigenvalue weighted by Crippen LogP contribution is 2.29. The molecule has 1 saturated heterocycles. The predicted octanol–water partition coefficient (Wildman–Crippen LogP) is 2.56. The fraction of sp³-hybridized carbons (Fsp3) is 0.429. The Balaban J connectivity index is 1.76. The van der Waals surface area contributed by atoms with E-state index in [1.807, 2.05) is 0 Å². The molecule has 6 heteroatoms. The number of nitrogens with zero attached hydrogens (tertiary/aromatic N) is 2. The number of benzene rings is 1. The van der Waals surface area contributed by atoms with Gasteiger partial charge < -0.3 is 16.0 Å². The van der Waals surface area contributed by atoms with E-state index in [1.165, 1.54) is 10.3 Å². The standard InChI is InChI=1S/C14H18N4OS/c1-9-4-2-6-11-12(9)17-14(20-11)16-10-5-3-7-18(8-10)13(15)19/h2,4,6,10H,3,5,7-8H2,1H3,(H2,15,19)(H,16,17). The number of hydrogen-bond acceptors (Lipinski definition) is 4. The summed E-state index contributed by atoms with van der Waals surface area (Å²) in [7, 11) is 0. The molecule has 0 bridgehead atoms. The minimum atomic E-state index is -0.336. The lowest BCUT2D eigenvalue weighted by Gasteiger charge is -2.31. The van der Waals surface area contributed by atoms with E-state index in [-0.39, 0.29) is 12.1 Å². The Morgan fingerprint density at radius 2 is 2.40 bits per heavy atom. The number of nitrogens with one attached hydrogen (secondary N) is 1. The van der Waals surface area contributed by atoms with Crippen molar-refractivity contribution in [2.45, 2.75) is 25.8 Å². The van der Waals surface area contributed by atoms with E-state index in [1.54, 1.807) is 16.2 Å². The molecule has 1 fully saturated rings. The quantitative estimate of drug-likeness (QED) is 0.893. The van der Waals surface area contributed by atoms with Crippen LogP contribution in [0, 0.1) is 6.92 Å². The zero-order chi connectivity index (χ0) is 14.1. The van der Waals surface area contributed by atoms with Crippen molar-refractivity contribution in [2.24, 2.45) is 5.73 Å². The summed E-state index contributed by atoms with van der Waals surface area (Å²) in [4.78, 5) is 17.6. The molecule has 1 atom stereocenters. The van der Waals surface area contributed by atoms with Gasteiger partial charge in [0.2, 0.25) is 0 Å². The molecule has 1 aromatic heterocycles. The van der Waals surface area contributed by atoms with Crippen LogP contribution in [0.1, 0.15) is 18.4 Å². The number of amides is 2. The predicted molar refractivity (Wildman–Crippen MR) is 82.2 cm³/mol. The van der Waals surface area contributed by atoms with Crippen LogP contribution < -0.4 is 11.1 Å². The van der Waals surface area contributed by atoms with E-state index in [2.05, 4.69) is 35.4 Å². The van der Waals surface area contributed by atoms with Crippen molar-refractivity contribution in [3.63, 3.8) is 0 Å². The van der Waals surface area contributed by atoms with Crippen LogP contribution in [-0.4, -0.2) is 35.0 Å². The molecule has 0 aliphatic carbocycles. The molecule has 2 aromatic rings. The van der Waals surface area contributed by atoms with Crippen molar-refractivity contribution in [3.8, 4) is 0 Å². The second kappa shape index (κ2) is 5.28. The van der Waals surface area contributed by atoms with Crippen LogP contribution in [0.5, 0.6) is 0 Å². The smallest absolute Gasteiger partial charge is 0.314 e. The third-order valence-corrected chi connectivity index (χ3v) is 4.63. The number of carbonyl (C=O) groups is 1. The number of primary amides is 1. The minimum Gasteiger partial charge on any atom is -0.357 e. The monoisotopic (exact) mass is 290 g/mol. The normalized spacial score (nSPS) is 19.2. The number of thiazole rings is 1. The highest BCUT2D eigenvalue weighted by atomic mass is 32.1. The van der Waals surface area contributed by atoms with Gasteiger partial charge in [-0.1, -0.05) is 23.5 Å². The Bertz CT molecular complexity index is 639. The minimum absolute atomic E-state index is 0.233. The molecule has 1 aliphatic rings. The molecule has 2 heterocycles. The Kier molecular flexibility index (Phi) is 3.48. The number of rotatable bonds is 2. The molecular formula is C14H18N4OS. The van der Waals surface area contributed by atoms with Gasteiger partial charge >= 0.3 is 6.03 Å². The van der Waals surface area contributed by atoms with Crippen LogP contribution in [0.2, 0.25) is 0 Å². The Morgan fingerprint density at radius 3 is 3.15 bits per heavy atom. The summed E-state index contributed by atoms with van der Waals surface area (Å²) in [5, 5.41) is 4.36. The largest absolute Gasteiger partial charge is 0.357 e. The first-order valence-electron chi connectivity index (χ1n) is 6.80. The van der Waals surface area contributed by atoms with E-state index in [4.69, 9.17) is 5.73 Å². The van der Waals surface area contributed by atoms with Gasteiger partial charge in [-0.05, 0) is 31.4 Å². The molecule has 3 rings (SSSR count). The maximum atomic E-state index is 11.2. The number of fused-ring (bicyclic) bond motifs is 1. The lowest BCUT2D eigenvalue weighted by atomic mass is 10.1. The first-order valence-corrected chi connectivity index (χ1v) is 7.62. The van der Waals surface area contributed by atoms with E-state index in [9.17, 15) is 4.79 Å². The van der Waals surface area contributed by atoms with E-state index >= 15 is 0 Å². The molecule has 0 radical (unpaired) electrons. The summed E-state index contributed by atoms with van der Waals surface area (Å²) < 4.78 is 1.19. The highest BCUT2D eigenvalue weighted by Gasteiger charge is 2.22. The van der Waals surface area contributed by atoms with Crippen molar-refractivity contribution < 1.29 is 4.79 Å². The maximum Gasteiger partial charge on any atom is 0.314 e. The molecule has 2 amide bonds. The van der Waals surface area contributed by atoms with Crippen molar-refractivity contribution in [1.29, 1.82) is 0 Å². The number of carbonyl (C=O) groups excluding carboxylic acids is 1. The summed E-state index contributed by atoms with van der Waals surface area (Å²) in [5.74, 6) is 0.